The number of hydrogen-bond acceptors (Lipinski definition) is 8. The summed E-state index contributed by atoms with van der Waals surface area (Å²) < 4.78 is 6.64. The van der Waals surface area contributed by atoms with Crippen LogP contribution in [0, 0.1) is 0 Å². The molecule has 1 aliphatic heterocycles. The summed E-state index contributed by atoms with van der Waals surface area (Å²) in [5, 5.41) is 15.4. The van der Waals surface area contributed by atoms with Crippen molar-refractivity contribution in [1.29, 1.82) is 0 Å². The van der Waals surface area contributed by atoms with Gasteiger partial charge in [-0.3, -0.25) is 14.9 Å². The molecule has 0 spiro atoms. The monoisotopic (exact) mass is 467 g/mol. The molecule has 1 saturated heterocycles. The van der Waals surface area contributed by atoms with Crippen LogP contribution in [0.3, 0.4) is 0 Å². The molecule has 11 nitrogen and oxygen atoms in total. The van der Waals surface area contributed by atoms with E-state index >= 15 is 0 Å². The largest absolute Gasteiger partial charge is 0.383 e. The molecule has 0 atom stereocenters. The lowest BCUT2D eigenvalue weighted by Crippen LogP contribution is -2.26. The first-order chi connectivity index (χ1) is 16.0. The number of carbonyl (C=O) groups is 3. The van der Waals surface area contributed by atoms with E-state index in [-0.39, 0.29) is 11.6 Å². The Kier molecular flexibility index (Phi) is 5.52. The molecule has 2 fully saturated rings. The molecule has 33 heavy (non-hydrogen) atoms. The Balaban J connectivity index is 1.51. The molecule has 4 heterocycles. The Labute approximate surface area is 192 Å². The van der Waals surface area contributed by atoms with Gasteiger partial charge in [-0.05, 0) is 31.1 Å². The van der Waals surface area contributed by atoms with Crippen LogP contribution in [-0.2, 0) is 9.53 Å². The van der Waals surface area contributed by atoms with E-state index in [1.807, 2.05) is 12.1 Å². The van der Waals surface area contributed by atoms with Gasteiger partial charge in [-0.15, -0.1) is 11.3 Å². The summed E-state index contributed by atoms with van der Waals surface area (Å²) in [4.78, 5) is 41.9. The van der Waals surface area contributed by atoms with Gasteiger partial charge >= 0.3 is 6.03 Å². The van der Waals surface area contributed by atoms with Crippen molar-refractivity contribution in [2.24, 2.45) is 0 Å². The van der Waals surface area contributed by atoms with E-state index < -0.39 is 11.9 Å². The zero-order valence-corrected chi connectivity index (χ0v) is 18.5. The summed E-state index contributed by atoms with van der Waals surface area (Å²) in [6.07, 6.45) is 5.30. The maximum atomic E-state index is 12.4. The third kappa shape index (κ3) is 4.43. The first-order valence-corrected chi connectivity index (χ1v) is 11.2. The van der Waals surface area contributed by atoms with Crippen molar-refractivity contribution in [2.75, 3.05) is 25.6 Å². The molecule has 5 rings (SSSR count). The van der Waals surface area contributed by atoms with Crippen LogP contribution < -0.4 is 21.3 Å². The van der Waals surface area contributed by atoms with E-state index in [9.17, 15) is 14.4 Å². The first-order valence-electron chi connectivity index (χ1n) is 10.4. The molecule has 170 valence electrons. The van der Waals surface area contributed by atoms with Gasteiger partial charge in [-0.25, -0.2) is 9.78 Å². The molecule has 12 heteroatoms. The topological polar surface area (TPSA) is 139 Å². The van der Waals surface area contributed by atoms with Gasteiger partial charge in [0, 0.05) is 31.3 Å². The quantitative estimate of drug-likeness (QED) is 0.224. The summed E-state index contributed by atoms with van der Waals surface area (Å²) in [5.74, 6) is 0.0919. The third-order valence-electron chi connectivity index (χ3n) is 5.12. The van der Waals surface area contributed by atoms with Crippen molar-refractivity contribution < 1.29 is 19.1 Å². The zero-order valence-electron chi connectivity index (χ0n) is 17.7. The fourth-order valence-electron chi connectivity index (χ4n) is 3.34. The maximum Gasteiger partial charge on any atom is 0.326 e. The average molecular weight is 468 g/mol. The molecule has 0 unspecified atom stereocenters. The highest BCUT2D eigenvalue weighted by molar-refractivity contribution is 7.17. The second-order valence-electron chi connectivity index (χ2n) is 7.66. The van der Waals surface area contributed by atoms with Gasteiger partial charge < -0.3 is 20.7 Å². The summed E-state index contributed by atoms with van der Waals surface area (Å²) in [6.45, 7) is 0.872. The minimum atomic E-state index is -0.567. The summed E-state index contributed by atoms with van der Waals surface area (Å²) >= 11 is 1.34. The molecular formula is C21H21N7O4S. The van der Waals surface area contributed by atoms with E-state index in [1.54, 1.807) is 30.0 Å². The van der Waals surface area contributed by atoms with E-state index in [0.29, 0.717) is 41.0 Å². The van der Waals surface area contributed by atoms with Gasteiger partial charge in [0.15, 0.2) is 5.65 Å². The van der Waals surface area contributed by atoms with Crippen molar-refractivity contribution in [2.45, 2.75) is 18.9 Å². The van der Waals surface area contributed by atoms with Crippen LogP contribution in [0.5, 0.6) is 0 Å². The summed E-state index contributed by atoms with van der Waals surface area (Å²) in [6, 6.07) is 5.33. The number of fused-ring (bicyclic) bond motifs is 1. The third-order valence-corrected chi connectivity index (χ3v) is 6.23. The molecule has 1 aliphatic carbocycles. The number of hydrogen-bond donors (Lipinski definition) is 4. The normalized spacial score (nSPS) is 16.8. The molecular weight excluding hydrogens is 446 g/mol. The first kappa shape index (κ1) is 21.1. The van der Waals surface area contributed by atoms with Gasteiger partial charge in [0.25, 0.3) is 11.8 Å². The maximum absolute atomic E-state index is 12.4. The standard InChI is InChI=1S/C21H21N7O4S/c1-32-7-6-22-20(30)16-5-4-15(33-16)13-9-17(24-12-2-3-12)28-18(25-13)11(10-23-28)8-14-19(29)27-21(31)26-14/h4-5,8-10,12,24H,2-3,6-7H2,1H3,(H,22,30)(H2,26,27,29,31)/b14-8-. The van der Waals surface area contributed by atoms with Crippen molar-refractivity contribution in [3.8, 4) is 10.6 Å². The van der Waals surface area contributed by atoms with Gasteiger partial charge in [-0.1, -0.05) is 0 Å². The molecule has 2 aliphatic rings. The van der Waals surface area contributed by atoms with Gasteiger partial charge in [-0.2, -0.15) is 9.61 Å². The zero-order chi connectivity index (χ0) is 22.9. The Morgan fingerprint density at radius 1 is 1.33 bits per heavy atom. The van der Waals surface area contributed by atoms with Crippen LogP contribution in [-0.4, -0.2) is 58.7 Å². The number of carbonyl (C=O) groups excluding carboxylic acids is 3. The molecule has 0 radical (unpaired) electrons. The number of urea groups is 1. The Bertz CT molecular complexity index is 1290. The minimum absolute atomic E-state index is 0.130. The fraction of sp³-hybridized carbons (Fsp3) is 0.286. The number of rotatable bonds is 8. The highest BCUT2D eigenvalue weighted by Gasteiger charge is 2.25. The lowest BCUT2D eigenvalue weighted by atomic mass is 10.2. The van der Waals surface area contributed by atoms with Crippen LogP contribution in [0.25, 0.3) is 22.3 Å². The second-order valence-corrected chi connectivity index (χ2v) is 8.74. The average Bonchev–Trinajstić information content (AvgIpc) is 3.18. The van der Waals surface area contributed by atoms with E-state index in [2.05, 4.69) is 26.4 Å². The molecule has 4 amide bonds. The number of methoxy groups -OCH3 is 1. The predicted octanol–water partition coefficient (Wildman–Crippen LogP) is 1.59. The number of nitrogens with one attached hydrogen (secondary N) is 4. The Hall–Kier alpha value is -3.77. The van der Waals surface area contributed by atoms with Crippen LogP contribution >= 0.6 is 11.3 Å². The lowest BCUT2D eigenvalue weighted by molar-refractivity contribution is -0.115. The van der Waals surface area contributed by atoms with Crippen molar-refractivity contribution >= 4 is 46.7 Å². The van der Waals surface area contributed by atoms with Crippen molar-refractivity contribution in [1.82, 2.24) is 30.5 Å². The molecule has 3 aromatic rings. The molecule has 1 saturated carbocycles. The number of aromatic nitrogens is 3. The number of thiophene rings is 1. The molecule has 4 N–H and O–H groups in total. The highest BCUT2D eigenvalue weighted by Crippen LogP contribution is 2.32. The van der Waals surface area contributed by atoms with Gasteiger partial charge in [0.05, 0.1) is 28.3 Å². The lowest BCUT2D eigenvalue weighted by Gasteiger charge is -2.09. The number of amides is 4. The van der Waals surface area contributed by atoms with E-state index in [4.69, 9.17) is 9.72 Å². The van der Waals surface area contributed by atoms with E-state index in [0.717, 1.165) is 23.5 Å². The van der Waals surface area contributed by atoms with Crippen LogP contribution in [0.1, 0.15) is 28.1 Å². The summed E-state index contributed by atoms with van der Waals surface area (Å²) in [5.41, 5.74) is 1.91. The number of ether oxygens (including phenoxy) is 1. The van der Waals surface area contributed by atoms with Crippen LogP contribution in [0.15, 0.2) is 30.1 Å². The smallest absolute Gasteiger partial charge is 0.326 e. The second kappa shape index (κ2) is 8.64. The number of anilines is 1. The highest BCUT2D eigenvalue weighted by atomic mass is 32.1. The number of imide groups is 1. The van der Waals surface area contributed by atoms with Crippen LogP contribution in [0.2, 0.25) is 0 Å². The molecule has 0 bridgehead atoms. The SMILES string of the molecule is COCCNC(=O)c1ccc(-c2cc(NC3CC3)n3ncc(/C=C4\NC(=O)NC4=O)c3n2)s1. The summed E-state index contributed by atoms with van der Waals surface area (Å²) in [7, 11) is 1.58. The Morgan fingerprint density at radius 3 is 2.91 bits per heavy atom. The van der Waals surface area contributed by atoms with Crippen LogP contribution in [0.4, 0.5) is 10.6 Å². The molecule has 0 aromatic carbocycles. The Morgan fingerprint density at radius 2 is 2.18 bits per heavy atom. The minimum Gasteiger partial charge on any atom is -0.383 e. The number of nitrogens with zero attached hydrogens (tertiary/aromatic N) is 3. The molecule has 3 aromatic heterocycles. The van der Waals surface area contributed by atoms with Gasteiger partial charge in [0.2, 0.25) is 0 Å². The van der Waals surface area contributed by atoms with Crippen molar-refractivity contribution in [3.05, 3.63) is 40.5 Å². The van der Waals surface area contributed by atoms with E-state index in [1.165, 1.54) is 11.3 Å². The van der Waals surface area contributed by atoms with Crippen molar-refractivity contribution in [3.63, 3.8) is 0 Å². The van der Waals surface area contributed by atoms with Gasteiger partial charge in [0.1, 0.15) is 11.5 Å². The fourth-order valence-corrected chi connectivity index (χ4v) is 4.22. The predicted molar refractivity (Wildman–Crippen MR) is 122 cm³/mol.